The third-order valence-electron chi connectivity index (χ3n) is 3.05. The molecule has 0 aliphatic carbocycles. The molecule has 2 aromatic carbocycles. The van der Waals surface area contributed by atoms with Crippen LogP contribution in [0.25, 0.3) is 11.3 Å². The lowest BCUT2D eigenvalue weighted by molar-refractivity contribution is 0.102. The molecular weight excluding hydrogens is 359 g/mol. The standard InChI is InChI=1S/C16H9Cl3N2O2/c17-10-4-1-3-9(7-10)13-8-14(21-23-13)20-16(22)15-11(18)5-2-6-12(15)19/h1-8H,(H,20,21,22). The molecule has 1 amide bonds. The SMILES string of the molecule is O=C(Nc1cc(-c2cccc(Cl)c2)on1)c1c(Cl)cccc1Cl. The summed E-state index contributed by atoms with van der Waals surface area (Å²) in [5.41, 5.74) is 0.935. The lowest BCUT2D eigenvalue weighted by Gasteiger charge is -2.05. The molecule has 4 nitrogen and oxygen atoms in total. The molecule has 0 bridgehead atoms. The van der Waals surface area contributed by atoms with Gasteiger partial charge >= 0.3 is 0 Å². The first-order valence-electron chi connectivity index (χ1n) is 6.52. The van der Waals surface area contributed by atoms with E-state index < -0.39 is 5.91 Å². The van der Waals surface area contributed by atoms with Crippen LogP contribution >= 0.6 is 34.8 Å². The first-order chi connectivity index (χ1) is 11.0. The summed E-state index contributed by atoms with van der Waals surface area (Å²) in [7, 11) is 0. The fourth-order valence-corrected chi connectivity index (χ4v) is 2.76. The van der Waals surface area contributed by atoms with Gasteiger partial charge in [-0.15, -0.1) is 0 Å². The van der Waals surface area contributed by atoms with E-state index in [0.717, 1.165) is 5.56 Å². The van der Waals surface area contributed by atoms with E-state index in [-0.39, 0.29) is 21.4 Å². The molecule has 0 saturated carbocycles. The first-order valence-corrected chi connectivity index (χ1v) is 7.66. The number of hydrogen-bond donors (Lipinski definition) is 1. The van der Waals surface area contributed by atoms with Crippen molar-refractivity contribution in [2.45, 2.75) is 0 Å². The summed E-state index contributed by atoms with van der Waals surface area (Å²) in [5, 5.41) is 7.50. The van der Waals surface area contributed by atoms with E-state index in [2.05, 4.69) is 10.5 Å². The number of amides is 1. The van der Waals surface area contributed by atoms with Gasteiger partial charge in [-0.3, -0.25) is 4.79 Å². The summed E-state index contributed by atoms with van der Waals surface area (Å²) in [6, 6.07) is 13.5. The van der Waals surface area contributed by atoms with E-state index in [1.54, 1.807) is 42.5 Å². The van der Waals surface area contributed by atoms with Crippen LogP contribution in [0.4, 0.5) is 5.82 Å². The van der Waals surface area contributed by atoms with Crippen LogP contribution in [0.3, 0.4) is 0 Å². The molecule has 3 aromatic rings. The highest BCUT2D eigenvalue weighted by molar-refractivity contribution is 6.40. The molecule has 23 heavy (non-hydrogen) atoms. The summed E-state index contributed by atoms with van der Waals surface area (Å²) in [6.45, 7) is 0. The average molecular weight is 368 g/mol. The molecule has 0 aliphatic heterocycles. The molecule has 0 radical (unpaired) electrons. The summed E-state index contributed by atoms with van der Waals surface area (Å²) < 4.78 is 5.21. The van der Waals surface area contributed by atoms with Gasteiger partial charge in [0, 0.05) is 16.7 Å². The lowest BCUT2D eigenvalue weighted by Crippen LogP contribution is -2.13. The topological polar surface area (TPSA) is 55.1 Å². The third kappa shape index (κ3) is 3.50. The second-order valence-electron chi connectivity index (χ2n) is 4.64. The molecule has 1 heterocycles. The van der Waals surface area contributed by atoms with Gasteiger partial charge in [0.15, 0.2) is 11.6 Å². The molecule has 7 heteroatoms. The van der Waals surface area contributed by atoms with Crippen molar-refractivity contribution in [3.63, 3.8) is 0 Å². The molecule has 116 valence electrons. The van der Waals surface area contributed by atoms with Crippen LogP contribution in [0.1, 0.15) is 10.4 Å². The van der Waals surface area contributed by atoms with Crippen molar-refractivity contribution in [3.8, 4) is 11.3 Å². The Morgan fingerprint density at radius 2 is 1.70 bits per heavy atom. The maximum Gasteiger partial charge on any atom is 0.259 e. The summed E-state index contributed by atoms with van der Waals surface area (Å²) in [4.78, 5) is 12.3. The molecule has 1 aromatic heterocycles. The Balaban J connectivity index is 1.83. The number of anilines is 1. The molecule has 0 unspecified atom stereocenters. The highest BCUT2D eigenvalue weighted by atomic mass is 35.5. The number of rotatable bonds is 3. The van der Waals surface area contributed by atoms with Gasteiger partial charge in [-0.25, -0.2) is 0 Å². The van der Waals surface area contributed by atoms with Gasteiger partial charge in [0.25, 0.3) is 5.91 Å². The van der Waals surface area contributed by atoms with Crippen molar-refractivity contribution in [2.75, 3.05) is 5.32 Å². The Labute approximate surface area is 146 Å². The summed E-state index contributed by atoms with van der Waals surface area (Å²) in [5.74, 6) is 0.264. The Bertz CT molecular complexity index is 857. The van der Waals surface area contributed by atoms with Gasteiger partial charge in [-0.05, 0) is 24.3 Å². The van der Waals surface area contributed by atoms with E-state index in [4.69, 9.17) is 39.3 Å². The normalized spacial score (nSPS) is 10.6. The molecule has 3 rings (SSSR count). The van der Waals surface area contributed by atoms with E-state index >= 15 is 0 Å². The zero-order chi connectivity index (χ0) is 16.4. The molecule has 0 fully saturated rings. The van der Waals surface area contributed by atoms with E-state index in [0.29, 0.717) is 10.8 Å². The van der Waals surface area contributed by atoms with E-state index in [1.165, 1.54) is 0 Å². The molecule has 0 aliphatic rings. The third-order valence-corrected chi connectivity index (χ3v) is 3.92. The van der Waals surface area contributed by atoms with Crippen molar-refractivity contribution in [1.29, 1.82) is 0 Å². The highest BCUT2D eigenvalue weighted by Crippen LogP contribution is 2.27. The second-order valence-corrected chi connectivity index (χ2v) is 5.89. The van der Waals surface area contributed by atoms with Gasteiger partial charge < -0.3 is 9.84 Å². The van der Waals surface area contributed by atoms with E-state index in [9.17, 15) is 4.79 Å². The number of carbonyl (C=O) groups excluding carboxylic acids is 1. The van der Waals surface area contributed by atoms with Gasteiger partial charge in [0.05, 0.1) is 15.6 Å². The maximum absolute atomic E-state index is 12.3. The minimum absolute atomic E-state index is 0.183. The quantitative estimate of drug-likeness (QED) is 0.660. The summed E-state index contributed by atoms with van der Waals surface area (Å²) >= 11 is 18.0. The molecule has 1 N–H and O–H groups in total. The Morgan fingerprint density at radius 1 is 1.00 bits per heavy atom. The van der Waals surface area contributed by atoms with Crippen LogP contribution in [-0.4, -0.2) is 11.1 Å². The fourth-order valence-electron chi connectivity index (χ4n) is 2.01. The predicted molar refractivity (Wildman–Crippen MR) is 91.4 cm³/mol. The number of aromatic nitrogens is 1. The Hall–Kier alpha value is -2.01. The average Bonchev–Trinajstić information content (AvgIpc) is 2.95. The van der Waals surface area contributed by atoms with Crippen LogP contribution in [0.2, 0.25) is 15.1 Å². The van der Waals surface area contributed by atoms with Crippen LogP contribution in [0, 0.1) is 0 Å². The van der Waals surface area contributed by atoms with E-state index in [1.807, 2.05) is 6.07 Å². The van der Waals surface area contributed by atoms with Gasteiger partial charge in [0.2, 0.25) is 0 Å². The molecule has 0 atom stereocenters. The maximum atomic E-state index is 12.3. The van der Waals surface area contributed by atoms with Gasteiger partial charge in [-0.1, -0.05) is 58.2 Å². The summed E-state index contributed by atoms with van der Waals surface area (Å²) in [6.07, 6.45) is 0. The van der Waals surface area contributed by atoms with Crippen molar-refractivity contribution in [3.05, 3.63) is 69.2 Å². The lowest BCUT2D eigenvalue weighted by atomic mass is 10.2. The zero-order valence-corrected chi connectivity index (χ0v) is 13.8. The zero-order valence-electron chi connectivity index (χ0n) is 11.5. The number of nitrogens with one attached hydrogen (secondary N) is 1. The molecule has 0 saturated heterocycles. The fraction of sp³-hybridized carbons (Fsp3) is 0. The monoisotopic (exact) mass is 366 g/mol. The van der Waals surface area contributed by atoms with Gasteiger partial charge in [-0.2, -0.15) is 0 Å². The Morgan fingerprint density at radius 3 is 2.39 bits per heavy atom. The first kappa shape index (κ1) is 15.9. The van der Waals surface area contributed by atoms with Gasteiger partial charge in [0.1, 0.15) is 0 Å². The Kier molecular flexibility index (Phi) is 4.57. The second kappa shape index (κ2) is 6.62. The number of carbonyl (C=O) groups is 1. The molecular formula is C16H9Cl3N2O2. The number of halogens is 3. The van der Waals surface area contributed by atoms with Crippen molar-refractivity contribution in [2.24, 2.45) is 0 Å². The van der Waals surface area contributed by atoms with Crippen molar-refractivity contribution >= 4 is 46.5 Å². The minimum Gasteiger partial charge on any atom is -0.354 e. The number of hydrogen-bond acceptors (Lipinski definition) is 3. The predicted octanol–water partition coefficient (Wildman–Crippen LogP) is 5.55. The number of benzene rings is 2. The molecule has 0 spiro atoms. The highest BCUT2D eigenvalue weighted by Gasteiger charge is 2.16. The van der Waals surface area contributed by atoms with Crippen LogP contribution in [0.15, 0.2) is 53.1 Å². The number of nitrogens with zero attached hydrogens (tertiary/aromatic N) is 1. The van der Waals surface area contributed by atoms with Crippen molar-refractivity contribution < 1.29 is 9.32 Å². The smallest absolute Gasteiger partial charge is 0.259 e. The largest absolute Gasteiger partial charge is 0.354 e. The minimum atomic E-state index is -0.466. The van der Waals surface area contributed by atoms with Crippen molar-refractivity contribution in [1.82, 2.24) is 5.16 Å². The van der Waals surface area contributed by atoms with Crippen LogP contribution in [0.5, 0.6) is 0 Å². The van der Waals surface area contributed by atoms with Crippen LogP contribution < -0.4 is 5.32 Å². The van der Waals surface area contributed by atoms with Crippen LogP contribution in [-0.2, 0) is 0 Å².